The fourth-order valence-electron chi connectivity index (χ4n) is 1.89. The SMILES string of the molecule is COc1ccc(-c2cc(=O)[nH]c(C(C)C)n2)cc1OC. The Morgan fingerprint density at radius 1 is 1.10 bits per heavy atom. The van der Waals surface area contributed by atoms with E-state index in [0.717, 1.165) is 5.56 Å². The number of hydrogen-bond donors (Lipinski definition) is 1. The summed E-state index contributed by atoms with van der Waals surface area (Å²) in [4.78, 5) is 18.9. The van der Waals surface area contributed by atoms with Crippen molar-refractivity contribution in [2.24, 2.45) is 0 Å². The molecule has 2 rings (SSSR count). The third-order valence-corrected chi connectivity index (χ3v) is 2.99. The van der Waals surface area contributed by atoms with Gasteiger partial charge in [-0.15, -0.1) is 0 Å². The molecule has 1 aromatic carbocycles. The molecular formula is C15H18N2O3. The molecular weight excluding hydrogens is 256 g/mol. The Morgan fingerprint density at radius 3 is 2.40 bits per heavy atom. The van der Waals surface area contributed by atoms with E-state index in [0.29, 0.717) is 23.0 Å². The van der Waals surface area contributed by atoms with Crippen LogP contribution in [0.25, 0.3) is 11.3 Å². The summed E-state index contributed by atoms with van der Waals surface area (Å²) in [6, 6.07) is 6.94. The zero-order valence-corrected chi connectivity index (χ0v) is 12.1. The van der Waals surface area contributed by atoms with Gasteiger partial charge in [0, 0.05) is 17.5 Å². The maximum Gasteiger partial charge on any atom is 0.251 e. The highest BCUT2D eigenvalue weighted by Gasteiger charge is 2.10. The molecule has 0 bridgehead atoms. The van der Waals surface area contributed by atoms with Crippen LogP contribution < -0.4 is 15.0 Å². The molecule has 0 unspecified atom stereocenters. The van der Waals surface area contributed by atoms with Gasteiger partial charge in [0.05, 0.1) is 19.9 Å². The number of nitrogens with one attached hydrogen (secondary N) is 1. The Balaban J connectivity index is 2.53. The summed E-state index contributed by atoms with van der Waals surface area (Å²) in [6.07, 6.45) is 0. The Kier molecular flexibility index (Phi) is 4.08. The molecule has 0 saturated heterocycles. The summed E-state index contributed by atoms with van der Waals surface area (Å²) in [5.74, 6) is 2.08. The fraction of sp³-hybridized carbons (Fsp3) is 0.333. The zero-order chi connectivity index (χ0) is 14.7. The fourth-order valence-corrected chi connectivity index (χ4v) is 1.89. The van der Waals surface area contributed by atoms with Gasteiger partial charge in [-0.25, -0.2) is 4.98 Å². The monoisotopic (exact) mass is 274 g/mol. The number of H-pyrrole nitrogens is 1. The molecule has 1 heterocycles. The lowest BCUT2D eigenvalue weighted by atomic mass is 10.1. The molecule has 0 aliphatic heterocycles. The third-order valence-electron chi connectivity index (χ3n) is 2.99. The Morgan fingerprint density at radius 2 is 1.80 bits per heavy atom. The van der Waals surface area contributed by atoms with E-state index in [1.165, 1.54) is 6.07 Å². The predicted octanol–water partition coefficient (Wildman–Crippen LogP) is 2.58. The summed E-state index contributed by atoms with van der Waals surface area (Å²) in [6.45, 7) is 3.97. The number of benzene rings is 1. The van der Waals surface area contributed by atoms with Crippen LogP contribution in [0.15, 0.2) is 29.1 Å². The molecule has 5 nitrogen and oxygen atoms in total. The maximum absolute atomic E-state index is 11.7. The molecule has 1 aromatic heterocycles. The van der Waals surface area contributed by atoms with Gasteiger partial charge in [-0.05, 0) is 18.2 Å². The molecule has 1 N–H and O–H groups in total. The largest absolute Gasteiger partial charge is 0.493 e. The van der Waals surface area contributed by atoms with Gasteiger partial charge < -0.3 is 14.5 Å². The maximum atomic E-state index is 11.7. The molecule has 20 heavy (non-hydrogen) atoms. The van der Waals surface area contributed by atoms with Crippen LogP contribution >= 0.6 is 0 Å². The van der Waals surface area contributed by atoms with E-state index >= 15 is 0 Å². The molecule has 0 fully saturated rings. The topological polar surface area (TPSA) is 64.2 Å². The van der Waals surface area contributed by atoms with E-state index in [-0.39, 0.29) is 11.5 Å². The van der Waals surface area contributed by atoms with Crippen LogP contribution in [0.3, 0.4) is 0 Å². The highest BCUT2D eigenvalue weighted by molar-refractivity contribution is 5.63. The minimum absolute atomic E-state index is 0.155. The van der Waals surface area contributed by atoms with Gasteiger partial charge in [0.15, 0.2) is 11.5 Å². The zero-order valence-electron chi connectivity index (χ0n) is 12.1. The van der Waals surface area contributed by atoms with Gasteiger partial charge in [0.1, 0.15) is 5.82 Å². The van der Waals surface area contributed by atoms with Crippen molar-refractivity contribution in [3.63, 3.8) is 0 Å². The number of ether oxygens (including phenoxy) is 2. The molecule has 0 amide bonds. The Hall–Kier alpha value is -2.30. The summed E-state index contributed by atoms with van der Waals surface area (Å²) in [7, 11) is 3.16. The summed E-state index contributed by atoms with van der Waals surface area (Å²) >= 11 is 0. The molecule has 0 spiro atoms. The van der Waals surface area contributed by atoms with Crippen molar-refractivity contribution in [2.45, 2.75) is 19.8 Å². The third kappa shape index (κ3) is 2.82. The Labute approximate surface area is 117 Å². The minimum atomic E-state index is -0.159. The van der Waals surface area contributed by atoms with E-state index < -0.39 is 0 Å². The van der Waals surface area contributed by atoms with Crippen molar-refractivity contribution < 1.29 is 9.47 Å². The van der Waals surface area contributed by atoms with E-state index in [1.54, 1.807) is 20.3 Å². The number of nitrogens with zero attached hydrogens (tertiary/aromatic N) is 1. The molecule has 0 radical (unpaired) electrons. The standard InChI is InChI=1S/C15H18N2O3/c1-9(2)15-16-11(8-14(18)17-15)10-5-6-12(19-3)13(7-10)20-4/h5-9H,1-4H3,(H,16,17,18). The summed E-state index contributed by atoms with van der Waals surface area (Å²) in [5.41, 5.74) is 1.28. The van der Waals surface area contributed by atoms with Crippen molar-refractivity contribution in [2.75, 3.05) is 14.2 Å². The second-order valence-corrected chi connectivity index (χ2v) is 4.74. The van der Waals surface area contributed by atoms with Gasteiger partial charge in [-0.1, -0.05) is 13.8 Å². The number of rotatable bonds is 4. The van der Waals surface area contributed by atoms with Crippen LogP contribution in [-0.2, 0) is 0 Å². The number of hydrogen-bond acceptors (Lipinski definition) is 4. The molecule has 0 aliphatic carbocycles. The average Bonchev–Trinajstić information content (AvgIpc) is 2.45. The van der Waals surface area contributed by atoms with Gasteiger partial charge in [0.25, 0.3) is 5.56 Å². The average molecular weight is 274 g/mol. The van der Waals surface area contributed by atoms with Crippen LogP contribution in [-0.4, -0.2) is 24.2 Å². The quantitative estimate of drug-likeness (QED) is 0.930. The van der Waals surface area contributed by atoms with Gasteiger partial charge >= 0.3 is 0 Å². The normalized spacial score (nSPS) is 10.7. The van der Waals surface area contributed by atoms with Gasteiger partial charge in [-0.2, -0.15) is 0 Å². The summed E-state index contributed by atoms with van der Waals surface area (Å²) < 4.78 is 10.5. The van der Waals surface area contributed by atoms with E-state index in [4.69, 9.17) is 9.47 Å². The molecule has 5 heteroatoms. The minimum Gasteiger partial charge on any atom is -0.493 e. The van der Waals surface area contributed by atoms with Crippen LogP contribution in [0, 0.1) is 0 Å². The molecule has 106 valence electrons. The number of aromatic nitrogens is 2. The van der Waals surface area contributed by atoms with Crippen molar-refractivity contribution in [3.05, 3.63) is 40.4 Å². The first-order valence-electron chi connectivity index (χ1n) is 6.38. The lowest BCUT2D eigenvalue weighted by Crippen LogP contribution is -2.12. The summed E-state index contributed by atoms with van der Waals surface area (Å²) in [5, 5.41) is 0. The van der Waals surface area contributed by atoms with E-state index in [2.05, 4.69) is 9.97 Å². The molecule has 0 saturated carbocycles. The van der Waals surface area contributed by atoms with Crippen LogP contribution in [0.4, 0.5) is 0 Å². The lowest BCUT2D eigenvalue weighted by molar-refractivity contribution is 0.355. The predicted molar refractivity (Wildman–Crippen MR) is 77.5 cm³/mol. The number of methoxy groups -OCH3 is 2. The second-order valence-electron chi connectivity index (χ2n) is 4.74. The van der Waals surface area contributed by atoms with E-state index in [1.807, 2.05) is 26.0 Å². The van der Waals surface area contributed by atoms with Crippen LogP contribution in [0.1, 0.15) is 25.6 Å². The Bertz CT molecular complexity index is 662. The van der Waals surface area contributed by atoms with Crippen molar-refractivity contribution in [1.82, 2.24) is 9.97 Å². The molecule has 0 aliphatic rings. The highest BCUT2D eigenvalue weighted by Crippen LogP contribution is 2.31. The highest BCUT2D eigenvalue weighted by atomic mass is 16.5. The smallest absolute Gasteiger partial charge is 0.251 e. The molecule has 0 atom stereocenters. The van der Waals surface area contributed by atoms with Crippen LogP contribution in [0.2, 0.25) is 0 Å². The van der Waals surface area contributed by atoms with Crippen molar-refractivity contribution >= 4 is 0 Å². The van der Waals surface area contributed by atoms with Gasteiger partial charge in [0.2, 0.25) is 0 Å². The first-order valence-corrected chi connectivity index (χ1v) is 6.38. The van der Waals surface area contributed by atoms with Crippen molar-refractivity contribution in [3.8, 4) is 22.8 Å². The molecule has 2 aromatic rings. The van der Waals surface area contributed by atoms with E-state index in [9.17, 15) is 4.79 Å². The number of aromatic amines is 1. The first-order chi connectivity index (χ1) is 9.55. The van der Waals surface area contributed by atoms with Crippen LogP contribution in [0.5, 0.6) is 11.5 Å². The lowest BCUT2D eigenvalue weighted by Gasteiger charge is -2.10. The van der Waals surface area contributed by atoms with Gasteiger partial charge in [-0.3, -0.25) is 4.79 Å². The van der Waals surface area contributed by atoms with Crippen molar-refractivity contribution in [1.29, 1.82) is 0 Å². The second kappa shape index (κ2) is 5.77. The first kappa shape index (κ1) is 14.1.